The molecule has 1 N–H and O–H groups in total. The number of hydrogen-bond donors (Lipinski definition) is 1. The first-order valence-corrected chi connectivity index (χ1v) is 5.94. The Bertz CT molecular complexity index is 964. The molecule has 9 heteroatoms. The molecule has 0 radical (unpaired) electrons. The minimum atomic E-state index is -4.72. The molecule has 0 fully saturated rings. The van der Waals surface area contributed by atoms with Crippen LogP contribution in [0.25, 0.3) is 16.9 Å². The summed E-state index contributed by atoms with van der Waals surface area (Å²) in [4.78, 5) is 21.6. The maximum atomic E-state index is 13.1. The number of aromatic nitrogens is 4. The third-order valence-electron chi connectivity index (χ3n) is 3.02. The van der Waals surface area contributed by atoms with Crippen molar-refractivity contribution >= 4 is 11.0 Å². The minimum absolute atomic E-state index is 0.0673. The van der Waals surface area contributed by atoms with E-state index in [9.17, 15) is 18.0 Å². The van der Waals surface area contributed by atoms with Crippen LogP contribution in [0.4, 0.5) is 13.2 Å². The number of alkyl halides is 3. The molecule has 0 aliphatic rings. The number of fused-ring (bicyclic) bond motifs is 1. The van der Waals surface area contributed by atoms with E-state index in [1.165, 1.54) is 18.3 Å². The molecule has 0 saturated carbocycles. The zero-order chi connectivity index (χ0) is 15.9. The third-order valence-corrected chi connectivity index (χ3v) is 3.02. The first kappa shape index (κ1) is 13.8. The number of nitrogens with zero attached hydrogens (tertiary/aromatic N) is 4. The van der Waals surface area contributed by atoms with Gasteiger partial charge in [-0.2, -0.15) is 18.4 Å². The predicted octanol–water partition coefficient (Wildman–Crippen LogP) is 2.00. The summed E-state index contributed by atoms with van der Waals surface area (Å²) in [5, 5.41) is 8.29. The van der Waals surface area contributed by atoms with Gasteiger partial charge in [-0.1, -0.05) is 0 Å². The number of H-pyrrole nitrogens is 1. The van der Waals surface area contributed by atoms with E-state index in [4.69, 9.17) is 5.26 Å². The fourth-order valence-corrected chi connectivity index (χ4v) is 2.08. The van der Waals surface area contributed by atoms with Crippen LogP contribution in [0.15, 0.2) is 35.6 Å². The lowest BCUT2D eigenvalue weighted by Crippen LogP contribution is -2.12. The van der Waals surface area contributed by atoms with Gasteiger partial charge in [0.1, 0.15) is 5.82 Å². The SMILES string of the molecule is N#Cc1ccnc(-n2cc(C(F)(F)F)c3c(=O)[nH]cnc32)c1. The normalized spacial score (nSPS) is 11.5. The van der Waals surface area contributed by atoms with Gasteiger partial charge in [0.15, 0.2) is 5.65 Å². The number of halogens is 3. The van der Waals surface area contributed by atoms with Crippen LogP contribution in [-0.4, -0.2) is 19.5 Å². The summed E-state index contributed by atoms with van der Waals surface area (Å²) in [7, 11) is 0. The maximum Gasteiger partial charge on any atom is 0.418 e. The van der Waals surface area contributed by atoms with Crippen molar-refractivity contribution in [2.45, 2.75) is 6.18 Å². The van der Waals surface area contributed by atoms with E-state index < -0.39 is 22.7 Å². The van der Waals surface area contributed by atoms with E-state index >= 15 is 0 Å². The Morgan fingerprint density at radius 1 is 1.32 bits per heavy atom. The third kappa shape index (κ3) is 2.10. The number of aromatic amines is 1. The average molecular weight is 305 g/mol. The van der Waals surface area contributed by atoms with Crippen molar-refractivity contribution in [1.82, 2.24) is 19.5 Å². The van der Waals surface area contributed by atoms with E-state index in [1.807, 2.05) is 6.07 Å². The molecular formula is C13H6F3N5O. The van der Waals surface area contributed by atoms with E-state index in [0.717, 1.165) is 17.1 Å². The fourth-order valence-electron chi connectivity index (χ4n) is 2.08. The average Bonchev–Trinajstić information content (AvgIpc) is 2.88. The van der Waals surface area contributed by atoms with Crippen molar-refractivity contribution in [3.63, 3.8) is 0 Å². The van der Waals surface area contributed by atoms with Crippen LogP contribution >= 0.6 is 0 Å². The van der Waals surface area contributed by atoms with Gasteiger partial charge in [-0.3, -0.25) is 9.36 Å². The lowest BCUT2D eigenvalue weighted by molar-refractivity contribution is -0.136. The highest BCUT2D eigenvalue weighted by Gasteiger charge is 2.36. The Balaban J connectivity index is 2.39. The van der Waals surface area contributed by atoms with Crippen LogP contribution in [-0.2, 0) is 6.18 Å². The van der Waals surface area contributed by atoms with Gasteiger partial charge in [0.2, 0.25) is 0 Å². The van der Waals surface area contributed by atoms with Crippen molar-refractivity contribution in [3.8, 4) is 11.9 Å². The molecule has 0 aromatic carbocycles. The highest BCUT2D eigenvalue weighted by Crippen LogP contribution is 2.34. The first-order valence-electron chi connectivity index (χ1n) is 5.94. The molecule has 0 bridgehead atoms. The second-order valence-corrected chi connectivity index (χ2v) is 4.36. The Morgan fingerprint density at radius 2 is 2.09 bits per heavy atom. The maximum absolute atomic E-state index is 13.1. The second kappa shape index (κ2) is 4.70. The topological polar surface area (TPSA) is 87.4 Å². The Morgan fingerprint density at radius 3 is 2.77 bits per heavy atom. The molecule has 3 aromatic heterocycles. The standard InChI is InChI=1S/C13H6F3N5O/c14-13(15,16)8-5-21(9-3-7(4-17)1-2-18-9)11-10(8)12(22)20-6-19-11/h1-3,5-6H,(H,19,20,22). The summed E-state index contributed by atoms with van der Waals surface area (Å²) in [6.45, 7) is 0. The minimum Gasteiger partial charge on any atom is -0.312 e. The summed E-state index contributed by atoms with van der Waals surface area (Å²) < 4.78 is 40.4. The molecule has 110 valence electrons. The summed E-state index contributed by atoms with van der Waals surface area (Å²) in [5.74, 6) is 0.0673. The van der Waals surface area contributed by atoms with Crippen LogP contribution in [0.5, 0.6) is 0 Å². The highest BCUT2D eigenvalue weighted by molar-refractivity contribution is 5.81. The van der Waals surface area contributed by atoms with Gasteiger partial charge in [0, 0.05) is 12.4 Å². The van der Waals surface area contributed by atoms with Crippen LogP contribution in [0, 0.1) is 11.3 Å². The molecule has 0 aliphatic heterocycles. The van der Waals surface area contributed by atoms with Crippen LogP contribution in [0.2, 0.25) is 0 Å². The van der Waals surface area contributed by atoms with Crippen LogP contribution < -0.4 is 5.56 Å². The van der Waals surface area contributed by atoms with E-state index in [1.54, 1.807) is 0 Å². The first-order chi connectivity index (χ1) is 10.4. The zero-order valence-corrected chi connectivity index (χ0v) is 10.7. The number of pyridine rings is 1. The lowest BCUT2D eigenvalue weighted by Gasteiger charge is -2.03. The lowest BCUT2D eigenvalue weighted by atomic mass is 10.2. The second-order valence-electron chi connectivity index (χ2n) is 4.36. The van der Waals surface area contributed by atoms with Crippen molar-refractivity contribution in [1.29, 1.82) is 5.26 Å². The molecule has 3 aromatic rings. The molecule has 3 rings (SSSR count). The fraction of sp³-hybridized carbons (Fsp3) is 0.0769. The molecule has 3 heterocycles. The van der Waals surface area contributed by atoms with Gasteiger partial charge in [-0.25, -0.2) is 9.97 Å². The molecule has 0 saturated heterocycles. The van der Waals surface area contributed by atoms with Gasteiger partial charge in [-0.15, -0.1) is 0 Å². The number of rotatable bonds is 1. The van der Waals surface area contributed by atoms with Crippen molar-refractivity contribution < 1.29 is 13.2 Å². The number of hydrogen-bond acceptors (Lipinski definition) is 4. The molecule has 0 spiro atoms. The highest BCUT2D eigenvalue weighted by atomic mass is 19.4. The molecule has 6 nitrogen and oxygen atoms in total. The summed E-state index contributed by atoms with van der Waals surface area (Å²) >= 11 is 0. The number of nitrogens with one attached hydrogen (secondary N) is 1. The Labute approximate surface area is 120 Å². The molecule has 22 heavy (non-hydrogen) atoms. The molecule has 0 amide bonds. The predicted molar refractivity (Wildman–Crippen MR) is 69.2 cm³/mol. The van der Waals surface area contributed by atoms with Crippen LogP contribution in [0.3, 0.4) is 0 Å². The number of nitriles is 1. The monoisotopic (exact) mass is 305 g/mol. The smallest absolute Gasteiger partial charge is 0.312 e. The van der Waals surface area contributed by atoms with E-state index in [0.29, 0.717) is 0 Å². The molecule has 0 unspecified atom stereocenters. The van der Waals surface area contributed by atoms with Gasteiger partial charge < -0.3 is 4.98 Å². The molecule has 0 atom stereocenters. The van der Waals surface area contributed by atoms with Gasteiger partial charge in [0.25, 0.3) is 5.56 Å². The van der Waals surface area contributed by atoms with E-state index in [-0.39, 0.29) is 17.0 Å². The van der Waals surface area contributed by atoms with Gasteiger partial charge in [-0.05, 0) is 12.1 Å². The van der Waals surface area contributed by atoms with Crippen molar-refractivity contribution in [2.24, 2.45) is 0 Å². The van der Waals surface area contributed by atoms with Crippen molar-refractivity contribution in [3.05, 3.63) is 52.3 Å². The molecular weight excluding hydrogens is 299 g/mol. The summed E-state index contributed by atoms with van der Waals surface area (Å²) in [6.07, 6.45) is -1.67. The Kier molecular flexibility index (Phi) is 2.95. The van der Waals surface area contributed by atoms with Gasteiger partial charge in [0.05, 0.1) is 28.9 Å². The van der Waals surface area contributed by atoms with Gasteiger partial charge >= 0.3 is 6.18 Å². The summed E-state index contributed by atoms with van der Waals surface area (Å²) in [6, 6.07) is 4.59. The molecule has 0 aliphatic carbocycles. The largest absolute Gasteiger partial charge is 0.418 e. The zero-order valence-electron chi connectivity index (χ0n) is 10.7. The Hall–Kier alpha value is -3.15. The van der Waals surface area contributed by atoms with E-state index in [2.05, 4.69) is 15.0 Å². The summed E-state index contributed by atoms with van der Waals surface area (Å²) in [5.41, 5.74) is -1.96. The quantitative estimate of drug-likeness (QED) is 0.745. The van der Waals surface area contributed by atoms with Crippen molar-refractivity contribution in [2.75, 3.05) is 0 Å². The van der Waals surface area contributed by atoms with Crippen LogP contribution in [0.1, 0.15) is 11.1 Å².